The fourth-order valence-corrected chi connectivity index (χ4v) is 2.30. The number of carbonyl (C=O) groups is 1. The number of hydrazone groups is 1. The Morgan fingerprint density at radius 1 is 1.26 bits per heavy atom. The average Bonchev–Trinajstić information content (AvgIpc) is 2.55. The minimum absolute atomic E-state index is 0.277. The summed E-state index contributed by atoms with van der Waals surface area (Å²) < 4.78 is 11.6. The maximum Gasteiger partial charge on any atom is 0.271 e. The van der Waals surface area contributed by atoms with E-state index in [1.807, 2.05) is 19.1 Å². The third-order valence-corrected chi connectivity index (χ3v) is 3.45. The molecule has 1 amide bonds. The summed E-state index contributed by atoms with van der Waals surface area (Å²) in [5, 5.41) is 3.97. The lowest BCUT2D eigenvalue weighted by Crippen LogP contribution is -2.17. The maximum absolute atomic E-state index is 12.0. The zero-order valence-corrected chi connectivity index (χ0v) is 14.5. The molecule has 0 unspecified atom stereocenters. The molecule has 0 spiro atoms. The minimum Gasteiger partial charge on any atom is -0.493 e. The quantitative estimate of drug-likeness (QED) is 0.618. The molecule has 2 aromatic carbocycles. The summed E-state index contributed by atoms with van der Waals surface area (Å²) in [5.41, 5.74) is 3.82. The molecule has 0 aliphatic rings. The molecule has 2 rings (SSSR count). The second-order valence-electron chi connectivity index (χ2n) is 4.55. The lowest BCUT2D eigenvalue weighted by Gasteiger charge is -2.09. The minimum atomic E-state index is -0.277. The van der Waals surface area contributed by atoms with Crippen molar-refractivity contribution in [1.29, 1.82) is 0 Å². The number of carbonyl (C=O) groups excluding carboxylic acids is 1. The molecule has 0 aliphatic heterocycles. The van der Waals surface area contributed by atoms with Gasteiger partial charge < -0.3 is 9.47 Å². The number of hydrogen-bond acceptors (Lipinski definition) is 4. The number of ether oxygens (including phenoxy) is 2. The van der Waals surface area contributed by atoms with E-state index in [0.29, 0.717) is 23.7 Å². The molecule has 23 heavy (non-hydrogen) atoms. The molecule has 0 radical (unpaired) electrons. The van der Waals surface area contributed by atoms with Crippen LogP contribution in [0.1, 0.15) is 22.8 Å². The van der Waals surface area contributed by atoms with Crippen LogP contribution in [0, 0.1) is 0 Å². The Labute approximate surface area is 143 Å². The molecule has 0 saturated heterocycles. The van der Waals surface area contributed by atoms with Gasteiger partial charge in [-0.2, -0.15) is 5.10 Å². The molecule has 5 nitrogen and oxygen atoms in total. The van der Waals surface area contributed by atoms with E-state index >= 15 is 0 Å². The van der Waals surface area contributed by atoms with Crippen LogP contribution in [0.3, 0.4) is 0 Å². The third-order valence-electron chi connectivity index (χ3n) is 2.95. The molecule has 1 N–H and O–H groups in total. The van der Waals surface area contributed by atoms with E-state index in [2.05, 4.69) is 26.5 Å². The summed E-state index contributed by atoms with van der Waals surface area (Å²) in [6, 6.07) is 12.5. The average molecular weight is 377 g/mol. The number of nitrogens with zero attached hydrogens (tertiary/aromatic N) is 1. The Balaban J connectivity index is 2.05. The third kappa shape index (κ3) is 4.82. The molecular weight excluding hydrogens is 360 g/mol. The van der Waals surface area contributed by atoms with Gasteiger partial charge in [0.2, 0.25) is 0 Å². The van der Waals surface area contributed by atoms with Gasteiger partial charge in [0.05, 0.1) is 19.9 Å². The van der Waals surface area contributed by atoms with Gasteiger partial charge in [-0.1, -0.05) is 22.0 Å². The Morgan fingerprint density at radius 2 is 2.09 bits per heavy atom. The van der Waals surface area contributed by atoms with Gasteiger partial charge in [-0.3, -0.25) is 4.79 Å². The van der Waals surface area contributed by atoms with E-state index in [9.17, 15) is 4.79 Å². The summed E-state index contributed by atoms with van der Waals surface area (Å²) in [6.45, 7) is 2.44. The van der Waals surface area contributed by atoms with Gasteiger partial charge in [0.1, 0.15) is 0 Å². The summed E-state index contributed by atoms with van der Waals surface area (Å²) >= 11 is 3.33. The molecular formula is C17H17BrN2O3. The summed E-state index contributed by atoms with van der Waals surface area (Å²) in [5.74, 6) is 1.01. The topological polar surface area (TPSA) is 59.9 Å². The molecule has 0 bridgehead atoms. The fourth-order valence-electron chi connectivity index (χ4n) is 1.90. The predicted molar refractivity (Wildman–Crippen MR) is 93.4 cm³/mol. The molecule has 0 fully saturated rings. The van der Waals surface area contributed by atoms with Gasteiger partial charge in [0.25, 0.3) is 5.91 Å². The molecule has 6 heteroatoms. The first-order chi connectivity index (χ1) is 11.1. The lowest BCUT2D eigenvalue weighted by molar-refractivity contribution is 0.0955. The van der Waals surface area contributed by atoms with E-state index in [0.717, 1.165) is 10.0 Å². The van der Waals surface area contributed by atoms with Crippen molar-refractivity contribution >= 4 is 28.1 Å². The van der Waals surface area contributed by atoms with Crippen molar-refractivity contribution in [3.8, 4) is 11.5 Å². The van der Waals surface area contributed by atoms with E-state index in [1.54, 1.807) is 43.7 Å². The first-order valence-electron chi connectivity index (χ1n) is 7.04. The number of rotatable bonds is 6. The Morgan fingerprint density at radius 3 is 2.78 bits per heavy atom. The predicted octanol–water partition coefficient (Wildman–Crippen LogP) is 3.62. The summed E-state index contributed by atoms with van der Waals surface area (Å²) in [6.07, 6.45) is 1.55. The van der Waals surface area contributed by atoms with Crippen LogP contribution in [0.5, 0.6) is 11.5 Å². The molecule has 0 heterocycles. The van der Waals surface area contributed by atoms with Crippen molar-refractivity contribution in [2.45, 2.75) is 6.92 Å². The van der Waals surface area contributed by atoms with Gasteiger partial charge in [-0.25, -0.2) is 5.43 Å². The number of amides is 1. The molecule has 0 aromatic heterocycles. The molecule has 120 valence electrons. The van der Waals surface area contributed by atoms with Crippen LogP contribution in [0.4, 0.5) is 0 Å². The van der Waals surface area contributed by atoms with Crippen LogP contribution in [0.25, 0.3) is 0 Å². The van der Waals surface area contributed by atoms with E-state index < -0.39 is 0 Å². The van der Waals surface area contributed by atoms with Crippen LogP contribution < -0.4 is 14.9 Å². The SMILES string of the molecule is CCOc1cc(C=NNC(=O)c2cccc(Br)c2)ccc1OC. The van der Waals surface area contributed by atoms with Crippen molar-refractivity contribution in [3.63, 3.8) is 0 Å². The second-order valence-corrected chi connectivity index (χ2v) is 5.47. The maximum atomic E-state index is 12.0. The first kappa shape index (κ1) is 17.0. The van der Waals surface area contributed by atoms with Crippen LogP contribution in [0.2, 0.25) is 0 Å². The Kier molecular flexibility index (Phi) is 6.17. The van der Waals surface area contributed by atoms with Crippen molar-refractivity contribution in [2.24, 2.45) is 5.10 Å². The smallest absolute Gasteiger partial charge is 0.271 e. The highest BCUT2D eigenvalue weighted by Crippen LogP contribution is 2.27. The zero-order chi connectivity index (χ0) is 16.7. The van der Waals surface area contributed by atoms with Gasteiger partial charge >= 0.3 is 0 Å². The van der Waals surface area contributed by atoms with Gasteiger partial charge in [-0.15, -0.1) is 0 Å². The number of halogens is 1. The largest absolute Gasteiger partial charge is 0.493 e. The molecule has 0 aliphatic carbocycles. The van der Waals surface area contributed by atoms with Crippen molar-refractivity contribution in [2.75, 3.05) is 13.7 Å². The van der Waals surface area contributed by atoms with Crippen molar-refractivity contribution in [3.05, 3.63) is 58.1 Å². The lowest BCUT2D eigenvalue weighted by atomic mass is 10.2. The Bertz CT molecular complexity index is 717. The Hall–Kier alpha value is -2.34. The highest BCUT2D eigenvalue weighted by molar-refractivity contribution is 9.10. The normalized spacial score (nSPS) is 10.6. The summed E-state index contributed by atoms with van der Waals surface area (Å²) in [4.78, 5) is 12.0. The van der Waals surface area contributed by atoms with Crippen LogP contribution in [0.15, 0.2) is 52.0 Å². The standard InChI is InChI=1S/C17H17BrN2O3/c1-3-23-16-9-12(7-8-15(16)22-2)11-19-20-17(21)13-5-4-6-14(18)10-13/h4-11H,3H2,1-2H3,(H,20,21). The zero-order valence-electron chi connectivity index (χ0n) is 12.9. The van der Waals surface area contributed by atoms with Crippen LogP contribution >= 0.6 is 15.9 Å². The highest BCUT2D eigenvalue weighted by atomic mass is 79.9. The molecule has 0 saturated carbocycles. The number of benzene rings is 2. The van der Waals surface area contributed by atoms with Gasteiger partial charge in [-0.05, 0) is 48.9 Å². The number of methoxy groups -OCH3 is 1. The second kappa shape index (κ2) is 8.33. The first-order valence-corrected chi connectivity index (χ1v) is 7.83. The number of hydrogen-bond donors (Lipinski definition) is 1. The van der Waals surface area contributed by atoms with Gasteiger partial charge in [0.15, 0.2) is 11.5 Å². The highest BCUT2D eigenvalue weighted by Gasteiger charge is 2.05. The fraction of sp³-hybridized carbons (Fsp3) is 0.176. The van der Waals surface area contributed by atoms with Crippen molar-refractivity contribution < 1.29 is 14.3 Å². The van der Waals surface area contributed by atoms with Crippen LogP contribution in [-0.2, 0) is 0 Å². The molecule has 0 atom stereocenters. The molecule has 2 aromatic rings. The summed E-state index contributed by atoms with van der Waals surface area (Å²) in [7, 11) is 1.59. The van der Waals surface area contributed by atoms with Crippen LogP contribution in [-0.4, -0.2) is 25.8 Å². The van der Waals surface area contributed by atoms with E-state index in [1.165, 1.54) is 0 Å². The number of nitrogens with one attached hydrogen (secondary N) is 1. The monoisotopic (exact) mass is 376 g/mol. The van der Waals surface area contributed by atoms with Gasteiger partial charge in [0, 0.05) is 10.0 Å². The van der Waals surface area contributed by atoms with Crippen molar-refractivity contribution in [1.82, 2.24) is 5.43 Å². The van der Waals surface area contributed by atoms with E-state index in [-0.39, 0.29) is 5.91 Å². The van der Waals surface area contributed by atoms with E-state index in [4.69, 9.17) is 9.47 Å².